The highest BCUT2D eigenvalue weighted by molar-refractivity contribution is 7.87. The molecule has 0 atom stereocenters. The van der Waals surface area contributed by atoms with Gasteiger partial charge in [0.05, 0.1) is 30.5 Å². The van der Waals surface area contributed by atoms with Crippen molar-refractivity contribution in [3.8, 4) is 0 Å². The van der Waals surface area contributed by atoms with Gasteiger partial charge in [-0.1, -0.05) is 6.92 Å². The van der Waals surface area contributed by atoms with Crippen molar-refractivity contribution in [3.05, 3.63) is 16.1 Å². The number of thiazole rings is 1. The van der Waals surface area contributed by atoms with E-state index in [1.807, 2.05) is 5.38 Å². The van der Waals surface area contributed by atoms with Crippen molar-refractivity contribution in [1.82, 2.24) is 14.0 Å². The van der Waals surface area contributed by atoms with Crippen LogP contribution in [0, 0.1) is 0 Å². The average molecular weight is 305 g/mol. The topological polar surface area (TPSA) is 71.5 Å². The molecule has 19 heavy (non-hydrogen) atoms. The normalized spacial score (nSPS) is 17.7. The smallest absolute Gasteiger partial charge is 0.279 e. The van der Waals surface area contributed by atoms with Gasteiger partial charge in [0.15, 0.2) is 0 Å². The van der Waals surface area contributed by atoms with E-state index in [1.54, 1.807) is 11.3 Å². The molecule has 8 heteroatoms. The number of rotatable bonds is 6. The Hall–Kier alpha value is -0.540. The van der Waals surface area contributed by atoms with Gasteiger partial charge in [-0.3, -0.25) is 0 Å². The van der Waals surface area contributed by atoms with Gasteiger partial charge >= 0.3 is 0 Å². The van der Waals surface area contributed by atoms with E-state index in [4.69, 9.17) is 4.74 Å². The molecule has 1 aliphatic rings. The molecule has 0 unspecified atom stereocenters. The quantitative estimate of drug-likeness (QED) is 0.842. The number of morpholine rings is 1. The number of aromatic nitrogens is 1. The van der Waals surface area contributed by atoms with Crippen molar-refractivity contribution in [3.63, 3.8) is 0 Å². The highest BCUT2D eigenvalue weighted by atomic mass is 32.2. The maximum Gasteiger partial charge on any atom is 0.279 e. The summed E-state index contributed by atoms with van der Waals surface area (Å²) in [6.45, 7) is 4.08. The van der Waals surface area contributed by atoms with Crippen LogP contribution in [0.1, 0.15) is 24.0 Å². The first-order chi connectivity index (χ1) is 9.12. The SMILES string of the molecule is CCCc1nc(CNS(=O)(=O)N2CCOCC2)cs1. The summed E-state index contributed by atoms with van der Waals surface area (Å²) >= 11 is 1.58. The Bertz CT molecular complexity index is 495. The molecule has 6 nitrogen and oxygen atoms in total. The number of aryl methyl sites for hydroxylation is 1. The minimum absolute atomic E-state index is 0.250. The van der Waals surface area contributed by atoms with Crippen LogP contribution in [0.3, 0.4) is 0 Å². The van der Waals surface area contributed by atoms with E-state index < -0.39 is 10.2 Å². The molecule has 0 spiro atoms. The van der Waals surface area contributed by atoms with Crippen LogP contribution in [-0.2, 0) is 27.9 Å². The second kappa shape index (κ2) is 6.76. The molecule has 0 aromatic carbocycles. The van der Waals surface area contributed by atoms with E-state index in [9.17, 15) is 8.42 Å². The van der Waals surface area contributed by atoms with Gasteiger partial charge in [-0.15, -0.1) is 11.3 Å². The van der Waals surface area contributed by atoms with Crippen LogP contribution in [0.5, 0.6) is 0 Å². The predicted octanol–water partition coefficient (Wildman–Crippen LogP) is 0.762. The zero-order valence-electron chi connectivity index (χ0n) is 11.0. The molecule has 0 saturated carbocycles. The maximum absolute atomic E-state index is 12.0. The molecule has 0 radical (unpaired) electrons. The van der Waals surface area contributed by atoms with Gasteiger partial charge in [0.25, 0.3) is 10.2 Å². The fraction of sp³-hybridized carbons (Fsp3) is 0.727. The molecule has 0 amide bonds. The Kier molecular flexibility index (Phi) is 5.28. The lowest BCUT2D eigenvalue weighted by Gasteiger charge is -2.25. The van der Waals surface area contributed by atoms with Crippen LogP contribution >= 0.6 is 11.3 Å². The van der Waals surface area contributed by atoms with E-state index in [0.717, 1.165) is 23.5 Å². The standard InChI is InChI=1S/C11H19N3O3S2/c1-2-3-11-13-10(9-18-11)8-12-19(15,16)14-4-6-17-7-5-14/h9,12H,2-8H2,1H3. The number of nitrogens with zero attached hydrogens (tertiary/aromatic N) is 2. The summed E-state index contributed by atoms with van der Waals surface area (Å²) < 4.78 is 33.2. The molecule has 1 fully saturated rings. The summed E-state index contributed by atoms with van der Waals surface area (Å²) in [6.07, 6.45) is 1.99. The highest BCUT2D eigenvalue weighted by Gasteiger charge is 2.23. The fourth-order valence-electron chi connectivity index (χ4n) is 1.80. The van der Waals surface area contributed by atoms with Gasteiger partial charge in [-0.05, 0) is 12.8 Å². The Labute approximate surface area is 118 Å². The van der Waals surface area contributed by atoms with E-state index >= 15 is 0 Å². The van der Waals surface area contributed by atoms with Crippen molar-refractivity contribution < 1.29 is 13.2 Å². The molecule has 1 saturated heterocycles. The van der Waals surface area contributed by atoms with Crippen molar-refractivity contribution in [2.24, 2.45) is 0 Å². The van der Waals surface area contributed by atoms with Crippen LogP contribution in [0.2, 0.25) is 0 Å². The van der Waals surface area contributed by atoms with Gasteiger partial charge < -0.3 is 4.74 Å². The fourth-order valence-corrected chi connectivity index (χ4v) is 3.84. The number of ether oxygens (including phenoxy) is 1. The average Bonchev–Trinajstić information content (AvgIpc) is 2.86. The van der Waals surface area contributed by atoms with Crippen LogP contribution in [-0.4, -0.2) is 44.0 Å². The minimum atomic E-state index is -3.42. The minimum Gasteiger partial charge on any atom is -0.379 e. The van der Waals surface area contributed by atoms with Gasteiger partial charge in [0.1, 0.15) is 0 Å². The lowest BCUT2D eigenvalue weighted by Crippen LogP contribution is -2.46. The molecule has 0 aliphatic carbocycles. The summed E-state index contributed by atoms with van der Waals surface area (Å²) in [5.41, 5.74) is 0.783. The molecule has 108 valence electrons. The van der Waals surface area contributed by atoms with E-state index in [-0.39, 0.29) is 6.54 Å². The van der Waals surface area contributed by atoms with Crippen molar-refractivity contribution in [2.75, 3.05) is 26.3 Å². The highest BCUT2D eigenvalue weighted by Crippen LogP contribution is 2.12. The molecule has 1 aromatic rings. The Morgan fingerprint density at radius 1 is 1.47 bits per heavy atom. The van der Waals surface area contributed by atoms with E-state index in [0.29, 0.717) is 26.3 Å². The van der Waals surface area contributed by atoms with Gasteiger partial charge in [0.2, 0.25) is 0 Å². The zero-order valence-corrected chi connectivity index (χ0v) is 12.6. The molecule has 2 rings (SSSR count). The molecule has 2 heterocycles. The molecule has 1 N–H and O–H groups in total. The Balaban J connectivity index is 1.89. The predicted molar refractivity (Wildman–Crippen MR) is 74.3 cm³/mol. The number of hydrogen-bond donors (Lipinski definition) is 1. The van der Waals surface area contributed by atoms with Crippen molar-refractivity contribution >= 4 is 21.5 Å². The van der Waals surface area contributed by atoms with Gasteiger partial charge in [-0.2, -0.15) is 17.4 Å². The first-order valence-electron chi connectivity index (χ1n) is 6.37. The molecule has 0 bridgehead atoms. The second-order valence-electron chi connectivity index (χ2n) is 4.32. The van der Waals surface area contributed by atoms with Crippen molar-refractivity contribution in [2.45, 2.75) is 26.3 Å². The number of nitrogens with one attached hydrogen (secondary N) is 1. The Morgan fingerprint density at radius 3 is 2.89 bits per heavy atom. The lowest BCUT2D eigenvalue weighted by molar-refractivity contribution is 0.0724. The Morgan fingerprint density at radius 2 is 2.21 bits per heavy atom. The third-order valence-corrected chi connectivity index (χ3v) is 5.32. The first kappa shape index (κ1) is 14.9. The molecular formula is C11H19N3O3S2. The largest absolute Gasteiger partial charge is 0.379 e. The summed E-state index contributed by atoms with van der Waals surface area (Å²) in [4.78, 5) is 4.40. The maximum atomic E-state index is 12.0. The second-order valence-corrected chi connectivity index (χ2v) is 7.02. The molecular weight excluding hydrogens is 286 g/mol. The van der Waals surface area contributed by atoms with Crippen molar-refractivity contribution in [1.29, 1.82) is 0 Å². The van der Waals surface area contributed by atoms with Crippen LogP contribution in [0.15, 0.2) is 5.38 Å². The molecule has 1 aromatic heterocycles. The summed E-state index contributed by atoms with van der Waals surface area (Å²) in [7, 11) is -3.42. The van der Waals surface area contributed by atoms with E-state index in [2.05, 4.69) is 16.6 Å². The number of hydrogen-bond acceptors (Lipinski definition) is 5. The van der Waals surface area contributed by atoms with Crippen LogP contribution in [0.25, 0.3) is 0 Å². The third-order valence-electron chi connectivity index (χ3n) is 2.81. The van der Waals surface area contributed by atoms with Gasteiger partial charge in [-0.25, -0.2) is 4.98 Å². The monoisotopic (exact) mass is 305 g/mol. The lowest BCUT2D eigenvalue weighted by atomic mass is 10.3. The van der Waals surface area contributed by atoms with Gasteiger partial charge in [0, 0.05) is 18.5 Å². The first-order valence-corrected chi connectivity index (χ1v) is 8.69. The van der Waals surface area contributed by atoms with Crippen LogP contribution < -0.4 is 4.72 Å². The zero-order chi connectivity index (χ0) is 13.7. The molecule has 1 aliphatic heterocycles. The third kappa shape index (κ3) is 4.22. The summed E-state index contributed by atoms with van der Waals surface area (Å²) in [6, 6.07) is 0. The summed E-state index contributed by atoms with van der Waals surface area (Å²) in [5.74, 6) is 0. The van der Waals surface area contributed by atoms with E-state index in [1.165, 1.54) is 4.31 Å². The summed E-state index contributed by atoms with van der Waals surface area (Å²) in [5, 5.41) is 2.97. The van der Waals surface area contributed by atoms with Crippen LogP contribution in [0.4, 0.5) is 0 Å².